The van der Waals surface area contributed by atoms with Gasteiger partial charge in [-0.05, 0) is 61.5 Å². The molecule has 0 saturated heterocycles. The van der Waals surface area contributed by atoms with Gasteiger partial charge >= 0.3 is 5.97 Å². The first-order chi connectivity index (χ1) is 11.9. The van der Waals surface area contributed by atoms with E-state index in [1.807, 2.05) is 54.4 Å². The van der Waals surface area contributed by atoms with Crippen LogP contribution in [0.2, 0.25) is 5.02 Å². The molecule has 1 atom stereocenters. The zero-order valence-corrected chi connectivity index (χ0v) is 14.6. The number of aromatic nitrogens is 1. The molecule has 0 radical (unpaired) electrons. The van der Waals surface area contributed by atoms with Crippen LogP contribution in [-0.2, 0) is 4.79 Å². The largest absolute Gasteiger partial charge is 0.479 e. The highest BCUT2D eigenvalue weighted by atomic mass is 35.5. The summed E-state index contributed by atoms with van der Waals surface area (Å²) >= 11 is 6.00. The summed E-state index contributed by atoms with van der Waals surface area (Å²) in [5.41, 5.74) is 1.78. The number of carboxylic acid groups (broad SMARTS) is 1. The first-order valence-electron chi connectivity index (χ1n) is 7.73. The zero-order valence-electron chi connectivity index (χ0n) is 13.8. The van der Waals surface area contributed by atoms with E-state index in [-0.39, 0.29) is 0 Å². The molecule has 5 nitrogen and oxygen atoms in total. The Morgan fingerprint density at radius 3 is 2.56 bits per heavy atom. The highest BCUT2D eigenvalue weighted by molar-refractivity contribution is 6.31. The molecular formula is C19H17ClN2O3. The third-order valence-corrected chi connectivity index (χ3v) is 4.10. The van der Waals surface area contributed by atoms with Crippen LogP contribution < -0.4 is 9.64 Å². The second-order valence-electron chi connectivity index (χ2n) is 5.66. The quantitative estimate of drug-likeness (QED) is 0.728. The summed E-state index contributed by atoms with van der Waals surface area (Å²) in [4.78, 5) is 17.4. The SMILES string of the molecule is CC(Oc1ccc(N(C)c2ccc3cc(Cl)ccc3n2)cc1)C(=O)O. The van der Waals surface area contributed by atoms with Crippen LogP contribution >= 0.6 is 11.6 Å². The Bertz CT molecular complexity index is 912. The summed E-state index contributed by atoms with van der Waals surface area (Å²) in [6.45, 7) is 1.49. The van der Waals surface area contributed by atoms with Gasteiger partial charge in [0.1, 0.15) is 11.6 Å². The van der Waals surface area contributed by atoms with Crippen LogP contribution in [0.3, 0.4) is 0 Å². The van der Waals surface area contributed by atoms with Gasteiger partial charge in [0.2, 0.25) is 0 Å². The minimum Gasteiger partial charge on any atom is -0.479 e. The molecule has 0 aliphatic heterocycles. The van der Waals surface area contributed by atoms with Crippen molar-refractivity contribution in [1.82, 2.24) is 4.98 Å². The Morgan fingerprint density at radius 2 is 1.88 bits per heavy atom. The maximum atomic E-state index is 10.8. The lowest BCUT2D eigenvalue weighted by Crippen LogP contribution is -2.22. The van der Waals surface area contributed by atoms with Gasteiger partial charge in [-0.15, -0.1) is 0 Å². The summed E-state index contributed by atoms with van der Waals surface area (Å²) in [5.74, 6) is 0.303. The summed E-state index contributed by atoms with van der Waals surface area (Å²) in [7, 11) is 1.92. The van der Waals surface area contributed by atoms with Gasteiger partial charge in [0.05, 0.1) is 5.52 Å². The Morgan fingerprint density at radius 1 is 1.16 bits per heavy atom. The van der Waals surface area contributed by atoms with Crippen molar-refractivity contribution in [2.24, 2.45) is 0 Å². The van der Waals surface area contributed by atoms with Gasteiger partial charge in [-0.1, -0.05) is 11.6 Å². The van der Waals surface area contributed by atoms with E-state index < -0.39 is 12.1 Å². The Balaban J connectivity index is 1.81. The predicted octanol–water partition coefficient (Wildman–Crippen LogP) is 4.51. The van der Waals surface area contributed by atoms with Crippen molar-refractivity contribution in [3.8, 4) is 5.75 Å². The second kappa shape index (κ2) is 6.99. The van der Waals surface area contributed by atoms with Crippen LogP contribution in [0.15, 0.2) is 54.6 Å². The third-order valence-electron chi connectivity index (χ3n) is 3.86. The van der Waals surface area contributed by atoms with Gasteiger partial charge < -0.3 is 14.7 Å². The van der Waals surface area contributed by atoms with E-state index in [0.29, 0.717) is 10.8 Å². The molecule has 2 aromatic carbocycles. The smallest absolute Gasteiger partial charge is 0.344 e. The van der Waals surface area contributed by atoms with Crippen LogP contribution in [0.5, 0.6) is 5.75 Å². The summed E-state index contributed by atoms with van der Waals surface area (Å²) in [6, 6.07) is 16.7. The highest BCUT2D eigenvalue weighted by Crippen LogP contribution is 2.27. The predicted molar refractivity (Wildman–Crippen MR) is 99.0 cm³/mol. The number of ether oxygens (including phenoxy) is 1. The Hall–Kier alpha value is -2.79. The molecule has 0 fully saturated rings. The monoisotopic (exact) mass is 356 g/mol. The summed E-state index contributed by atoms with van der Waals surface area (Å²) in [5, 5.41) is 10.6. The number of rotatable bonds is 5. The third kappa shape index (κ3) is 3.83. The normalized spacial score (nSPS) is 12.0. The van der Waals surface area contributed by atoms with E-state index >= 15 is 0 Å². The van der Waals surface area contributed by atoms with Crippen molar-refractivity contribution in [3.05, 3.63) is 59.6 Å². The molecule has 1 unspecified atom stereocenters. The first kappa shape index (κ1) is 17.0. The number of carboxylic acids is 1. The summed E-state index contributed by atoms with van der Waals surface area (Å²) in [6.07, 6.45) is -0.891. The molecule has 0 amide bonds. The maximum absolute atomic E-state index is 10.8. The molecule has 1 aromatic heterocycles. The number of hydrogen-bond acceptors (Lipinski definition) is 4. The standard InChI is InChI=1S/C19H17ClN2O3/c1-12(19(23)24)25-16-7-5-15(6-8-16)22(2)18-10-3-13-11-14(20)4-9-17(13)21-18/h3-12H,1-2H3,(H,23,24). The number of carbonyl (C=O) groups is 1. The first-order valence-corrected chi connectivity index (χ1v) is 8.11. The average molecular weight is 357 g/mol. The molecule has 6 heteroatoms. The lowest BCUT2D eigenvalue weighted by Gasteiger charge is -2.19. The fourth-order valence-corrected chi connectivity index (χ4v) is 2.59. The number of halogens is 1. The van der Waals surface area contributed by atoms with E-state index in [1.54, 1.807) is 12.1 Å². The number of nitrogens with zero attached hydrogens (tertiary/aromatic N) is 2. The minimum atomic E-state index is -0.998. The van der Waals surface area contributed by atoms with Gasteiger partial charge in [0, 0.05) is 23.1 Å². The van der Waals surface area contributed by atoms with Crippen molar-refractivity contribution < 1.29 is 14.6 Å². The molecule has 3 rings (SSSR count). The van der Waals surface area contributed by atoms with E-state index in [0.717, 1.165) is 22.4 Å². The van der Waals surface area contributed by atoms with Crippen LogP contribution in [0.1, 0.15) is 6.92 Å². The van der Waals surface area contributed by atoms with Gasteiger partial charge in [-0.2, -0.15) is 0 Å². The number of anilines is 2. The highest BCUT2D eigenvalue weighted by Gasteiger charge is 2.13. The number of pyridine rings is 1. The molecule has 1 N–H and O–H groups in total. The second-order valence-corrected chi connectivity index (χ2v) is 6.09. The van der Waals surface area contributed by atoms with Gasteiger partial charge in [0.15, 0.2) is 6.10 Å². The molecule has 0 aliphatic rings. The fourth-order valence-electron chi connectivity index (χ4n) is 2.41. The molecule has 128 valence electrons. The topological polar surface area (TPSA) is 62.7 Å². The minimum absolute atomic E-state index is 0.508. The Labute approximate surface area is 150 Å². The zero-order chi connectivity index (χ0) is 18.0. The Kier molecular flexibility index (Phi) is 4.76. The molecule has 25 heavy (non-hydrogen) atoms. The van der Waals surface area contributed by atoms with Crippen LogP contribution in [0.4, 0.5) is 11.5 Å². The van der Waals surface area contributed by atoms with E-state index in [1.165, 1.54) is 6.92 Å². The molecular weight excluding hydrogens is 340 g/mol. The van der Waals surface area contributed by atoms with Gasteiger partial charge in [0.25, 0.3) is 0 Å². The van der Waals surface area contributed by atoms with Gasteiger partial charge in [-0.3, -0.25) is 0 Å². The lowest BCUT2D eigenvalue weighted by molar-refractivity contribution is -0.144. The average Bonchev–Trinajstić information content (AvgIpc) is 2.61. The van der Waals surface area contributed by atoms with Crippen LogP contribution in [0, 0.1) is 0 Å². The molecule has 0 bridgehead atoms. The molecule has 1 heterocycles. The van der Waals surface area contributed by atoms with E-state index in [2.05, 4.69) is 4.98 Å². The number of benzene rings is 2. The van der Waals surface area contributed by atoms with Crippen molar-refractivity contribution in [2.75, 3.05) is 11.9 Å². The van der Waals surface area contributed by atoms with E-state index in [9.17, 15) is 4.79 Å². The number of fused-ring (bicyclic) bond motifs is 1. The van der Waals surface area contributed by atoms with Gasteiger partial charge in [-0.25, -0.2) is 9.78 Å². The molecule has 0 saturated carbocycles. The molecule has 0 aliphatic carbocycles. The van der Waals surface area contributed by atoms with Crippen LogP contribution in [-0.4, -0.2) is 29.2 Å². The molecule has 0 spiro atoms. The van der Waals surface area contributed by atoms with Crippen molar-refractivity contribution in [1.29, 1.82) is 0 Å². The number of aliphatic carboxylic acids is 1. The van der Waals surface area contributed by atoms with E-state index in [4.69, 9.17) is 21.4 Å². The number of hydrogen-bond donors (Lipinski definition) is 1. The molecule has 3 aromatic rings. The lowest BCUT2D eigenvalue weighted by atomic mass is 10.2. The summed E-state index contributed by atoms with van der Waals surface area (Å²) < 4.78 is 5.34. The van der Waals surface area contributed by atoms with Crippen molar-refractivity contribution in [3.63, 3.8) is 0 Å². The van der Waals surface area contributed by atoms with Crippen molar-refractivity contribution in [2.45, 2.75) is 13.0 Å². The van der Waals surface area contributed by atoms with Crippen LogP contribution in [0.25, 0.3) is 10.9 Å². The maximum Gasteiger partial charge on any atom is 0.344 e. The fraction of sp³-hybridized carbons (Fsp3) is 0.158. The van der Waals surface area contributed by atoms with Crippen molar-refractivity contribution >= 4 is 40.0 Å².